The Hall–Kier alpha value is -5.89. The zero-order valence-electron chi connectivity index (χ0n) is 46.2. The number of hydrogen-bond donors (Lipinski definition) is 5. The Kier molecular flexibility index (Phi) is 18.5. The molecule has 22 nitrogen and oxygen atoms in total. The number of fused-ring (bicyclic) bond motifs is 2. The summed E-state index contributed by atoms with van der Waals surface area (Å²) >= 11 is 0. The third-order valence-corrected chi connectivity index (χ3v) is 18.9. The number of rotatable bonds is 16. The van der Waals surface area contributed by atoms with E-state index >= 15 is 0 Å². The molecule has 4 aromatic heterocycles. The van der Waals surface area contributed by atoms with Crippen LogP contribution in [0.2, 0.25) is 0 Å². The van der Waals surface area contributed by atoms with E-state index in [0.717, 1.165) is 116 Å². The number of piperazine rings is 2. The average molecular weight is 1130 g/mol. The van der Waals surface area contributed by atoms with Crippen LogP contribution < -0.4 is 16.0 Å². The van der Waals surface area contributed by atoms with E-state index in [1.807, 2.05) is 21.5 Å². The highest BCUT2D eigenvalue weighted by Crippen LogP contribution is 2.37. The molecule has 0 unspecified atom stereocenters. The van der Waals surface area contributed by atoms with Gasteiger partial charge in [-0.15, -0.1) is 0 Å². The first kappa shape index (κ1) is 57.8. The van der Waals surface area contributed by atoms with Gasteiger partial charge in [0, 0.05) is 89.0 Å². The Balaban J connectivity index is 0.000000195. The van der Waals surface area contributed by atoms with Crippen LogP contribution in [0.5, 0.6) is 0 Å². The fraction of sp³-hybridized carbons (Fsp3) is 0.582. The van der Waals surface area contributed by atoms with Crippen LogP contribution in [-0.4, -0.2) is 169 Å². The van der Waals surface area contributed by atoms with Crippen LogP contribution in [0.3, 0.4) is 0 Å². The maximum absolute atomic E-state index is 13.5. The fourth-order valence-corrected chi connectivity index (χ4v) is 13.4. The summed E-state index contributed by atoms with van der Waals surface area (Å²) in [6.45, 7) is 14.5. The highest BCUT2D eigenvalue weighted by Gasteiger charge is 2.33. The molecule has 10 rings (SSSR count). The number of unbranched alkanes of at least 4 members (excludes halogenated alkanes) is 2. The second-order valence-electron chi connectivity index (χ2n) is 22.0. The van der Waals surface area contributed by atoms with Gasteiger partial charge in [0.2, 0.25) is 31.9 Å². The highest BCUT2D eigenvalue weighted by molar-refractivity contribution is 7.89. The lowest BCUT2D eigenvalue weighted by Crippen LogP contribution is -2.51. The minimum absolute atomic E-state index is 0.108. The third-order valence-electron chi connectivity index (χ3n) is 15.0. The van der Waals surface area contributed by atoms with Crippen molar-refractivity contribution >= 4 is 60.1 Å². The second-order valence-corrected chi connectivity index (χ2v) is 25.9. The van der Waals surface area contributed by atoms with Crippen LogP contribution in [0.1, 0.15) is 124 Å². The summed E-state index contributed by atoms with van der Waals surface area (Å²) in [5.74, 6) is 1.13. The van der Waals surface area contributed by atoms with Crippen molar-refractivity contribution in [3.05, 3.63) is 60.9 Å². The minimum Gasteiger partial charge on any atom is -0.444 e. The van der Waals surface area contributed by atoms with Gasteiger partial charge in [-0.1, -0.05) is 51.0 Å². The summed E-state index contributed by atoms with van der Waals surface area (Å²) in [6, 6.07) is 14.0. The van der Waals surface area contributed by atoms with Crippen molar-refractivity contribution in [3.63, 3.8) is 0 Å². The normalized spacial score (nSPS) is 20.9. The molecule has 79 heavy (non-hydrogen) atoms. The Morgan fingerprint density at radius 1 is 0.620 bits per heavy atom. The smallest absolute Gasteiger partial charge is 0.410 e. The maximum atomic E-state index is 13.5. The molecule has 6 aromatic rings. The van der Waals surface area contributed by atoms with Crippen LogP contribution in [0.25, 0.3) is 44.6 Å². The molecule has 0 bridgehead atoms. The zero-order valence-corrected chi connectivity index (χ0v) is 47.9. The van der Waals surface area contributed by atoms with Gasteiger partial charge in [0.25, 0.3) is 0 Å². The van der Waals surface area contributed by atoms with Crippen molar-refractivity contribution in [1.82, 2.24) is 58.3 Å². The van der Waals surface area contributed by atoms with E-state index in [1.54, 1.807) is 74.5 Å². The Morgan fingerprint density at radius 2 is 1.03 bits per heavy atom. The number of nitrogens with zero attached hydrogens (tertiary/aromatic N) is 11. The highest BCUT2D eigenvalue weighted by atomic mass is 32.2. The lowest BCUT2D eigenvalue weighted by molar-refractivity contribution is 0.0192. The van der Waals surface area contributed by atoms with E-state index in [-0.39, 0.29) is 60.3 Å². The Bertz CT molecular complexity index is 3230. The van der Waals surface area contributed by atoms with Crippen molar-refractivity contribution in [2.24, 2.45) is 0 Å². The second kappa shape index (κ2) is 25.3. The first-order valence-corrected chi connectivity index (χ1v) is 31.1. The number of hydrogen-bond acceptors (Lipinski definition) is 17. The van der Waals surface area contributed by atoms with Crippen LogP contribution >= 0.6 is 0 Å². The van der Waals surface area contributed by atoms with Gasteiger partial charge in [-0.25, -0.2) is 41.0 Å². The summed E-state index contributed by atoms with van der Waals surface area (Å²) in [5.41, 5.74) is 3.90. The molecule has 24 heteroatoms. The molecule has 0 radical (unpaired) electrons. The van der Waals surface area contributed by atoms with E-state index in [1.165, 1.54) is 8.61 Å². The number of aromatic nitrogens is 8. The molecule has 6 heterocycles. The van der Waals surface area contributed by atoms with E-state index in [0.29, 0.717) is 56.6 Å². The average Bonchev–Trinajstić information content (AvgIpc) is 4.28. The van der Waals surface area contributed by atoms with Gasteiger partial charge < -0.3 is 35.8 Å². The van der Waals surface area contributed by atoms with Crippen LogP contribution in [-0.2, 0) is 24.8 Å². The van der Waals surface area contributed by atoms with Crippen molar-refractivity contribution < 1.29 is 36.6 Å². The van der Waals surface area contributed by atoms with Gasteiger partial charge in [0.05, 0.1) is 44.9 Å². The van der Waals surface area contributed by atoms with Crippen molar-refractivity contribution in [2.45, 2.75) is 151 Å². The maximum Gasteiger partial charge on any atom is 0.410 e. The number of ether oxygens (including phenoxy) is 1. The summed E-state index contributed by atoms with van der Waals surface area (Å²) in [5, 5.41) is 41.4. The van der Waals surface area contributed by atoms with Crippen LogP contribution in [0.15, 0.2) is 70.7 Å². The molecule has 5 N–H and O–H groups in total. The Morgan fingerprint density at radius 3 is 1.42 bits per heavy atom. The van der Waals surface area contributed by atoms with Gasteiger partial charge in [-0.05, 0) is 109 Å². The third kappa shape index (κ3) is 13.7. The molecular formula is C55H78N14O8S2. The quantitative estimate of drug-likeness (QED) is 0.0600. The molecular weight excluding hydrogens is 1050 g/mol. The number of benzene rings is 2. The summed E-state index contributed by atoms with van der Waals surface area (Å²) in [6.07, 6.45) is 13.0. The molecule has 4 fully saturated rings. The monoisotopic (exact) mass is 1130 g/mol. The van der Waals surface area contributed by atoms with Crippen molar-refractivity contribution in [3.8, 4) is 22.5 Å². The minimum atomic E-state index is -3.75. The number of carbonyl (C=O) groups is 1. The standard InChI is InChI=1S/C30H43N7O5S.C25H35N7O3S/c1-5-6-15-31-28-32-20-25-26(34-37(27(25)33-28)22-9-11-23(38)12-10-22)21-7-13-24(14-8-21)43(40,41)36-18-16-35(17-19-36)29(39)42-30(2,3)4;1-2-3-12-27-25-28-17-22-23(30-32(24(22)29-25)19-6-8-20(33)9-7-19)18-4-10-21(11-5-18)36(34,35)31-15-13-26-14-16-31/h7-8,13-14,20,22-23,38H,5-6,9-12,15-19H2,1-4H3,(H,31,32,33);4-5,10-11,17,19-20,26,33H,2-3,6-9,12-16H2,1H3,(H,27,28,29). The first-order chi connectivity index (χ1) is 37.9. The predicted molar refractivity (Wildman–Crippen MR) is 304 cm³/mol. The van der Waals surface area contributed by atoms with E-state index in [9.17, 15) is 31.8 Å². The number of aliphatic hydroxyl groups excluding tert-OH is 2. The zero-order chi connectivity index (χ0) is 55.9. The summed E-state index contributed by atoms with van der Waals surface area (Å²) < 4.78 is 65.3. The summed E-state index contributed by atoms with van der Waals surface area (Å²) in [7, 11) is -7.28. The molecule has 0 atom stereocenters. The number of sulfonamides is 2. The van der Waals surface area contributed by atoms with Crippen LogP contribution in [0.4, 0.5) is 16.7 Å². The Labute approximate surface area is 463 Å². The van der Waals surface area contributed by atoms with Crippen molar-refractivity contribution in [2.75, 3.05) is 76.1 Å². The molecule has 2 saturated carbocycles. The number of amides is 1. The molecule has 2 aliphatic carbocycles. The fourth-order valence-electron chi connectivity index (χ4n) is 10.5. The van der Waals surface area contributed by atoms with Gasteiger partial charge >= 0.3 is 6.09 Å². The summed E-state index contributed by atoms with van der Waals surface area (Å²) in [4.78, 5) is 33.1. The largest absolute Gasteiger partial charge is 0.444 e. The lowest BCUT2D eigenvalue weighted by Gasteiger charge is -2.35. The molecule has 2 aliphatic heterocycles. The van der Waals surface area contributed by atoms with E-state index in [2.05, 4.69) is 39.8 Å². The van der Waals surface area contributed by atoms with Gasteiger partial charge in [-0.2, -0.15) is 28.8 Å². The van der Waals surface area contributed by atoms with Crippen LogP contribution in [0, 0.1) is 0 Å². The number of anilines is 2. The number of aliphatic hydroxyl groups is 2. The molecule has 428 valence electrons. The van der Waals surface area contributed by atoms with Gasteiger partial charge in [-0.3, -0.25) is 0 Å². The van der Waals surface area contributed by atoms with Gasteiger partial charge in [0.15, 0.2) is 11.3 Å². The van der Waals surface area contributed by atoms with E-state index < -0.39 is 31.7 Å². The first-order valence-electron chi connectivity index (χ1n) is 28.2. The molecule has 0 spiro atoms. The molecule has 1 amide bonds. The SMILES string of the molecule is CCCCNc1ncc2c(-c3ccc(S(=O)(=O)N4CCN(C(=O)OC(C)(C)C)CC4)cc3)nn(C3CCC(O)CC3)c2n1.CCCCNc1ncc2c(-c3ccc(S(=O)(=O)N4CCNCC4)cc3)nn(C3CCC(O)CC3)c2n1. The predicted octanol–water partition coefficient (Wildman–Crippen LogP) is 7.20. The lowest BCUT2D eigenvalue weighted by atomic mass is 9.93. The number of nitrogens with one attached hydrogen (secondary N) is 3. The topological polar surface area (TPSA) is 268 Å². The molecule has 2 aromatic carbocycles. The number of carbonyl (C=O) groups excluding carboxylic acids is 1. The van der Waals surface area contributed by atoms with Gasteiger partial charge in [0.1, 0.15) is 17.0 Å². The molecule has 2 saturated heterocycles. The van der Waals surface area contributed by atoms with Crippen molar-refractivity contribution in [1.29, 1.82) is 0 Å². The van der Waals surface area contributed by atoms with E-state index in [4.69, 9.17) is 24.9 Å². The molecule has 4 aliphatic rings.